The summed E-state index contributed by atoms with van der Waals surface area (Å²) >= 11 is 1.66. The summed E-state index contributed by atoms with van der Waals surface area (Å²) in [7, 11) is 0. The van der Waals surface area contributed by atoms with Crippen LogP contribution in [0.3, 0.4) is 0 Å². The molecule has 1 aliphatic heterocycles. The summed E-state index contributed by atoms with van der Waals surface area (Å²) in [6.45, 7) is -0.342. The smallest absolute Gasteiger partial charge is 0.322 e. The molecule has 0 saturated carbocycles. The SMILES string of the molecule is CSc1ccc(Cc2nnc(NC(=O)CN3C(=O)CCC3=O)o2)cc1. The number of nitrogens with zero attached hydrogens (tertiary/aromatic N) is 3. The molecule has 2 aromatic rings. The van der Waals surface area contributed by atoms with Gasteiger partial charge in [-0.25, -0.2) is 0 Å². The van der Waals surface area contributed by atoms with Gasteiger partial charge in [0.2, 0.25) is 23.6 Å². The average molecular weight is 360 g/mol. The standard InChI is InChI=1S/C16H16N4O4S/c1-25-11-4-2-10(3-5-11)8-13-18-19-16(24-13)17-12(21)9-20-14(22)6-7-15(20)23/h2-5H,6-9H2,1H3,(H,17,19,21). The molecule has 3 rings (SSSR count). The molecule has 1 aliphatic rings. The van der Waals surface area contributed by atoms with Crippen LogP contribution in [0.4, 0.5) is 6.01 Å². The third-order valence-corrected chi connectivity index (χ3v) is 4.43. The van der Waals surface area contributed by atoms with Crippen molar-refractivity contribution >= 4 is 35.5 Å². The van der Waals surface area contributed by atoms with E-state index in [1.165, 1.54) is 0 Å². The zero-order valence-electron chi connectivity index (χ0n) is 13.5. The van der Waals surface area contributed by atoms with E-state index in [1.54, 1.807) is 11.8 Å². The van der Waals surface area contributed by atoms with Gasteiger partial charge < -0.3 is 4.42 Å². The Kier molecular flexibility index (Phi) is 5.13. The van der Waals surface area contributed by atoms with Crippen LogP contribution in [0.2, 0.25) is 0 Å². The summed E-state index contributed by atoms with van der Waals surface area (Å²) in [6, 6.07) is 7.89. The number of amides is 3. The molecule has 9 heteroatoms. The molecule has 1 aromatic carbocycles. The van der Waals surface area contributed by atoms with Gasteiger partial charge in [-0.2, -0.15) is 0 Å². The van der Waals surface area contributed by atoms with Crippen molar-refractivity contribution in [3.05, 3.63) is 35.7 Å². The van der Waals surface area contributed by atoms with Gasteiger partial charge in [-0.3, -0.25) is 24.6 Å². The fourth-order valence-corrected chi connectivity index (χ4v) is 2.80. The highest BCUT2D eigenvalue weighted by atomic mass is 32.2. The van der Waals surface area contributed by atoms with Crippen molar-refractivity contribution in [2.75, 3.05) is 18.1 Å². The number of imide groups is 1. The Bertz CT molecular complexity index is 787. The lowest BCUT2D eigenvalue weighted by atomic mass is 10.1. The number of carbonyl (C=O) groups excluding carboxylic acids is 3. The Morgan fingerprint density at radius 2 is 1.88 bits per heavy atom. The molecule has 0 unspecified atom stereocenters. The molecule has 25 heavy (non-hydrogen) atoms. The third kappa shape index (κ3) is 4.24. The van der Waals surface area contributed by atoms with E-state index < -0.39 is 5.91 Å². The van der Waals surface area contributed by atoms with Crippen molar-refractivity contribution in [2.45, 2.75) is 24.2 Å². The maximum absolute atomic E-state index is 11.9. The number of hydrogen-bond donors (Lipinski definition) is 1. The van der Waals surface area contributed by atoms with Crippen LogP contribution in [0.5, 0.6) is 0 Å². The molecular formula is C16H16N4O4S. The third-order valence-electron chi connectivity index (χ3n) is 3.68. The van der Waals surface area contributed by atoms with E-state index in [1.807, 2.05) is 30.5 Å². The van der Waals surface area contributed by atoms with Crippen molar-refractivity contribution < 1.29 is 18.8 Å². The van der Waals surface area contributed by atoms with E-state index in [0.717, 1.165) is 15.4 Å². The normalized spacial score (nSPS) is 14.2. The average Bonchev–Trinajstić information content (AvgIpc) is 3.16. The van der Waals surface area contributed by atoms with Gasteiger partial charge in [-0.15, -0.1) is 16.9 Å². The quantitative estimate of drug-likeness (QED) is 0.614. The molecule has 0 bridgehead atoms. The summed E-state index contributed by atoms with van der Waals surface area (Å²) in [5.74, 6) is -0.885. The predicted octanol–water partition coefficient (Wildman–Crippen LogP) is 1.47. The number of hydrogen-bond acceptors (Lipinski definition) is 7. The summed E-state index contributed by atoms with van der Waals surface area (Å²) in [4.78, 5) is 37.0. The lowest BCUT2D eigenvalue weighted by Crippen LogP contribution is -2.36. The summed E-state index contributed by atoms with van der Waals surface area (Å²) < 4.78 is 5.39. The minimum Gasteiger partial charge on any atom is -0.407 e. The molecule has 1 saturated heterocycles. The molecule has 130 valence electrons. The van der Waals surface area contributed by atoms with E-state index in [9.17, 15) is 14.4 Å². The van der Waals surface area contributed by atoms with E-state index in [2.05, 4.69) is 15.5 Å². The molecule has 3 amide bonds. The highest BCUT2D eigenvalue weighted by molar-refractivity contribution is 7.98. The second-order valence-electron chi connectivity index (χ2n) is 5.45. The number of likely N-dealkylation sites (tertiary alicyclic amines) is 1. The fourth-order valence-electron chi connectivity index (χ4n) is 2.40. The molecule has 0 spiro atoms. The Balaban J connectivity index is 1.56. The highest BCUT2D eigenvalue weighted by Crippen LogP contribution is 2.17. The Morgan fingerprint density at radius 1 is 1.20 bits per heavy atom. The summed E-state index contributed by atoms with van der Waals surface area (Å²) in [6.07, 6.45) is 2.74. The first-order valence-corrected chi connectivity index (χ1v) is 8.86. The number of nitrogens with one attached hydrogen (secondary N) is 1. The maximum atomic E-state index is 11.9. The van der Waals surface area contributed by atoms with Gasteiger partial charge in [0.1, 0.15) is 6.54 Å². The molecule has 0 aliphatic carbocycles. The van der Waals surface area contributed by atoms with Crippen molar-refractivity contribution in [1.82, 2.24) is 15.1 Å². The second kappa shape index (κ2) is 7.47. The maximum Gasteiger partial charge on any atom is 0.322 e. The van der Waals surface area contributed by atoms with E-state index >= 15 is 0 Å². The van der Waals surface area contributed by atoms with Gasteiger partial charge >= 0.3 is 6.01 Å². The number of thioether (sulfide) groups is 1. The molecule has 1 N–H and O–H groups in total. The molecule has 1 fully saturated rings. The number of benzene rings is 1. The van der Waals surface area contributed by atoms with Crippen LogP contribution in [0.15, 0.2) is 33.6 Å². The fraction of sp³-hybridized carbons (Fsp3) is 0.312. The molecule has 0 atom stereocenters. The minimum absolute atomic E-state index is 0.0557. The molecule has 1 aromatic heterocycles. The van der Waals surface area contributed by atoms with Crippen molar-refractivity contribution in [3.8, 4) is 0 Å². The van der Waals surface area contributed by atoms with Crippen LogP contribution in [-0.2, 0) is 20.8 Å². The monoisotopic (exact) mass is 360 g/mol. The van der Waals surface area contributed by atoms with Gasteiger partial charge in [0.15, 0.2) is 0 Å². The van der Waals surface area contributed by atoms with Crippen LogP contribution >= 0.6 is 11.8 Å². The topological polar surface area (TPSA) is 105 Å². The van der Waals surface area contributed by atoms with E-state index in [-0.39, 0.29) is 37.2 Å². The van der Waals surface area contributed by atoms with Gasteiger partial charge in [-0.05, 0) is 24.0 Å². The Labute approximate surface area is 148 Å². The van der Waals surface area contributed by atoms with Gasteiger partial charge in [0.25, 0.3) is 0 Å². The van der Waals surface area contributed by atoms with Gasteiger partial charge in [0, 0.05) is 17.7 Å². The van der Waals surface area contributed by atoms with Crippen molar-refractivity contribution in [1.29, 1.82) is 0 Å². The van der Waals surface area contributed by atoms with Crippen molar-refractivity contribution in [2.24, 2.45) is 0 Å². The molecular weight excluding hydrogens is 344 g/mol. The number of rotatable bonds is 6. The predicted molar refractivity (Wildman–Crippen MR) is 89.9 cm³/mol. The lowest BCUT2D eigenvalue weighted by Gasteiger charge is -2.11. The zero-order valence-corrected chi connectivity index (χ0v) is 14.3. The second-order valence-corrected chi connectivity index (χ2v) is 6.33. The van der Waals surface area contributed by atoms with Crippen LogP contribution < -0.4 is 5.32 Å². The Hall–Kier alpha value is -2.68. The summed E-state index contributed by atoms with van der Waals surface area (Å²) in [5, 5.41) is 10.0. The van der Waals surface area contributed by atoms with Gasteiger partial charge in [-0.1, -0.05) is 17.2 Å². The molecule has 0 radical (unpaired) electrons. The lowest BCUT2D eigenvalue weighted by molar-refractivity contribution is -0.141. The number of carbonyl (C=O) groups is 3. The minimum atomic E-state index is -0.553. The van der Waals surface area contributed by atoms with Crippen molar-refractivity contribution in [3.63, 3.8) is 0 Å². The van der Waals surface area contributed by atoms with E-state index in [0.29, 0.717) is 12.3 Å². The number of anilines is 1. The molecule has 2 heterocycles. The largest absolute Gasteiger partial charge is 0.407 e. The first-order valence-electron chi connectivity index (χ1n) is 7.63. The first kappa shape index (κ1) is 17.2. The molecule has 8 nitrogen and oxygen atoms in total. The van der Waals surface area contributed by atoms with E-state index in [4.69, 9.17) is 4.42 Å². The van der Waals surface area contributed by atoms with Crippen LogP contribution in [0.1, 0.15) is 24.3 Å². The number of aromatic nitrogens is 2. The van der Waals surface area contributed by atoms with Gasteiger partial charge in [0.05, 0.1) is 6.42 Å². The van der Waals surface area contributed by atoms with Crippen LogP contribution in [-0.4, -0.2) is 45.6 Å². The first-order chi connectivity index (χ1) is 12.0. The van der Waals surface area contributed by atoms with Crippen LogP contribution in [0, 0.1) is 0 Å². The zero-order chi connectivity index (χ0) is 17.8. The van der Waals surface area contributed by atoms with Crippen LogP contribution in [0.25, 0.3) is 0 Å². The highest BCUT2D eigenvalue weighted by Gasteiger charge is 2.30. The summed E-state index contributed by atoms with van der Waals surface area (Å²) in [5.41, 5.74) is 1.01. The Morgan fingerprint density at radius 3 is 2.52 bits per heavy atom.